The summed E-state index contributed by atoms with van der Waals surface area (Å²) in [5, 5.41) is 10.9. The van der Waals surface area contributed by atoms with E-state index in [9.17, 15) is 5.11 Å². The van der Waals surface area contributed by atoms with Gasteiger partial charge in [0.1, 0.15) is 11.3 Å². The molecule has 0 saturated heterocycles. The van der Waals surface area contributed by atoms with E-state index >= 15 is 0 Å². The quantitative estimate of drug-likeness (QED) is 0.882. The highest BCUT2D eigenvalue weighted by molar-refractivity contribution is 5.83. The van der Waals surface area contributed by atoms with E-state index in [2.05, 4.69) is 45.9 Å². The molecule has 1 aromatic carbocycles. The molecular formula is C18H24O2. The molecule has 2 heteroatoms. The highest BCUT2D eigenvalue weighted by Crippen LogP contribution is 2.44. The Morgan fingerprint density at radius 3 is 2.55 bits per heavy atom. The first-order valence-corrected chi connectivity index (χ1v) is 7.76. The molecule has 1 fully saturated rings. The van der Waals surface area contributed by atoms with Crippen LogP contribution in [0.5, 0.6) is 0 Å². The summed E-state index contributed by atoms with van der Waals surface area (Å²) in [7, 11) is 0. The number of aryl methyl sites for hydroxylation is 1. The van der Waals surface area contributed by atoms with Crippen molar-refractivity contribution in [3.63, 3.8) is 0 Å². The normalized spacial score (nSPS) is 23.5. The van der Waals surface area contributed by atoms with E-state index in [0.717, 1.165) is 24.2 Å². The Balaban J connectivity index is 2.07. The van der Waals surface area contributed by atoms with E-state index in [1.807, 2.05) is 0 Å². The third-order valence-electron chi connectivity index (χ3n) is 4.70. The highest BCUT2D eigenvalue weighted by atomic mass is 16.3. The third kappa shape index (κ3) is 2.16. The molecule has 3 rings (SSSR count). The number of aliphatic hydroxyl groups is 1. The lowest BCUT2D eigenvalue weighted by molar-refractivity contribution is 0.253. The van der Waals surface area contributed by atoms with Crippen molar-refractivity contribution < 1.29 is 9.52 Å². The fraction of sp³-hybridized carbons (Fsp3) is 0.556. The molecule has 0 bridgehead atoms. The van der Waals surface area contributed by atoms with Gasteiger partial charge in [-0.15, -0.1) is 0 Å². The summed E-state index contributed by atoms with van der Waals surface area (Å²) in [6.07, 6.45) is 1.79. The van der Waals surface area contributed by atoms with Gasteiger partial charge in [0.2, 0.25) is 0 Å². The molecule has 108 valence electrons. The summed E-state index contributed by atoms with van der Waals surface area (Å²) in [5.74, 6) is 2.46. The van der Waals surface area contributed by atoms with Crippen molar-refractivity contribution in [1.29, 1.82) is 0 Å². The number of fused-ring (bicyclic) bond motifs is 1. The van der Waals surface area contributed by atoms with Crippen LogP contribution in [0.3, 0.4) is 0 Å². The van der Waals surface area contributed by atoms with Crippen LogP contribution in [0.4, 0.5) is 0 Å². The largest absolute Gasteiger partial charge is 0.461 e. The molecule has 1 heterocycles. The first-order chi connectivity index (χ1) is 9.52. The molecular weight excluding hydrogens is 248 g/mol. The van der Waals surface area contributed by atoms with Crippen LogP contribution in [0, 0.1) is 5.92 Å². The van der Waals surface area contributed by atoms with Crippen LogP contribution in [0.25, 0.3) is 11.0 Å². The van der Waals surface area contributed by atoms with Crippen molar-refractivity contribution in [2.45, 2.75) is 58.5 Å². The van der Waals surface area contributed by atoms with Crippen molar-refractivity contribution >= 4 is 11.0 Å². The predicted octanol–water partition coefficient (Wildman–Crippen LogP) is 4.60. The summed E-state index contributed by atoms with van der Waals surface area (Å²) >= 11 is 0. The second-order valence-electron chi connectivity index (χ2n) is 6.46. The average molecular weight is 272 g/mol. The molecule has 1 aliphatic carbocycles. The monoisotopic (exact) mass is 272 g/mol. The van der Waals surface area contributed by atoms with E-state index in [-0.39, 0.29) is 6.10 Å². The van der Waals surface area contributed by atoms with Gasteiger partial charge in [-0.3, -0.25) is 0 Å². The number of hydrogen-bond acceptors (Lipinski definition) is 2. The number of furan rings is 1. The van der Waals surface area contributed by atoms with Crippen molar-refractivity contribution in [2.24, 2.45) is 5.92 Å². The maximum absolute atomic E-state index is 9.64. The number of aliphatic hydroxyl groups excluding tert-OH is 1. The summed E-state index contributed by atoms with van der Waals surface area (Å²) in [6.45, 7) is 8.82. The van der Waals surface area contributed by atoms with Gasteiger partial charge in [-0.05, 0) is 41.9 Å². The van der Waals surface area contributed by atoms with Crippen LogP contribution < -0.4 is 0 Å². The Labute approximate surface area is 120 Å². The Hall–Kier alpha value is -1.28. The molecule has 0 amide bonds. The Morgan fingerprint density at radius 1 is 1.30 bits per heavy atom. The molecule has 1 saturated carbocycles. The van der Waals surface area contributed by atoms with Gasteiger partial charge in [0, 0.05) is 17.4 Å². The van der Waals surface area contributed by atoms with Gasteiger partial charge in [0.25, 0.3) is 0 Å². The Bertz CT molecular complexity index is 624. The molecule has 0 radical (unpaired) electrons. The van der Waals surface area contributed by atoms with Crippen molar-refractivity contribution in [3.8, 4) is 0 Å². The topological polar surface area (TPSA) is 33.4 Å². The van der Waals surface area contributed by atoms with E-state index in [0.29, 0.717) is 17.8 Å². The predicted molar refractivity (Wildman–Crippen MR) is 82.2 cm³/mol. The minimum Gasteiger partial charge on any atom is -0.461 e. The standard InChI is InChI=1S/C18H24O2/c1-5-16-18(10(2)3)14-8-12(6-7-17(14)20-16)11(4)13-9-15(13)19/h6-8,10-11,13,15,19H,5,9H2,1-4H3/t11?,13?,15-/m0/s1. The molecule has 3 atom stereocenters. The highest BCUT2D eigenvalue weighted by Gasteiger charge is 2.40. The summed E-state index contributed by atoms with van der Waals surface area (Å²) in [5.41, 5.74) is 3.68. The SMILES string of the molecule is CCc1oc2ccc(C(C)C3C[C@@H]3O)cc2c1C(C)C. The van der Waals surface area contributed by atoms with Crippen molar-refractivity contribution in [3.05, 3.63) is 35.1 Å². The summed E-state index contributed by atoms with van der Waals surface area (Å²) < 4.78 is 5.99. The van der Waals surface area contributed by atoms with E-state index in [1.54, 1.807) is 0 Å². The molecule has 2 unspecified atom stereocenters. The van der Waals surface area contributed by atoms with Gasteiger partial charge in [0.15, 0.2) is 0 Å². The minimum absolute atomic E-state index is 0.0965. The van der Waals surface area contributed by atoms with Crippen LogP contribution in [0.1, 0.15) is 62.8 Å². The van der Waals surface area contributed by atoms with Gasteiger partial charge in [-0.2, -0.15) is 0 Å². The van der Waals surface area contributed by atoms with Crippen molar-refractivity contribution in [1.82, 2.24) is 0 Å². The molecule has 1 N–H and O–H groups in total. The van der Waals surface area contributed by atoms with E-state index in [4.69, 9.17) is 4.42 Å². The molecule has 1 aliphatic rings. The third-order valence-corrected chi connectivity index (χ3v) is 4.70. The molecule has 1 aromatic heterocycles. The fourth-order valence-corrected chi connectivity index (χ4v) is 3.35. The number of benzene rings is 1. The molecule has 2 aromatic rings. The van der Waals surface area contributed by atoms with Gasteiger partial charge < -0.3 is 9.52 Å². The summed E-state index contributed by atoms with van der Waals surface area (Å²) in [4.78, 5) is 0. The summed E-state index contributed by atoms with van der Waals surface area (Å²) in [6, 6.07) is 6.54. The van der Waals surface area contributed by atoms with E-state index < -0.39 is 0 Å². The molecule has 0 aliphatic heterocycles. The van der Waals surface area contributed by atoms with Crippen LogP contribution in [-0.2, 0) is 6.42 Å². The van der Waals surface area contributed by atoms with Gasteiger partial charge in [0.05, 0.1) is 6.10 Å². The van der Waals surface area contributed by atoms with Crippen LogP contribution in [-0.4, -0.2) is 11.2 Å². The maximum Gasteiger partial charge on any atom is 0.134 e. The van der Waals surface area contributed by atoms with Crippen LogP contribution >= 0.6 is 0 Å². The fourth-order valence-electron chi connectivity index (χ4n) is 3.35. The lowest BCUT2D eigenvalue weighted by atomic mass is 9.92. The lowest BCUT2D eigenvalue weighted by Crippen LogP contribution is -2.00. The number of rotatable bonds is 4. The zero-order valence-electron chi connectivity index (χ0n) is 12.8. The zero-order valence-corrected chi connectivity index (χ0v) is 12.8. The average Bonchev–Trinajstić information content (AvgIpc) is 3.03. The van der Waals surface area contributed by atoms with E-state index in [1.165, 1.54) is 16.5 Å². The Kier molecular flexibility index (Phi) is 3.37. The minimum atomic E-state index is -0.0965. The second kappa shape index (κ2) is 4.92. The first-order valence-electron chi connectivity index (χ1n) is 7.76. The lowest BCUT2D eigenvalue weighted by Gasteiger charge is -2.11. The van der Waals surface area contributed by atoms with Crippen LogP contribution in [0.15, 0.2) is 22.6 Å². The number of hydrogen-bond donors (Lipinski definition) is 1. The van der Waals surface area contributed by atoms with Crippen LogP contribution in [0.2, 0.25) is 0 Å². The Morgan fingerprint density at radius 2 is 2.00 bits per heavy atom. The maximum atomic E-state index is 9.64. The molecule has 20 heavy (non-hydrogen) atoms. The zero-order chi connectivity index (χ0) is 14.4. The molecule has 0 spiro atoms. The second-order valence-corrected chi connectivity index (χ2v) is 6.46. The van der Waals surface area contributed by atoms with Gasteiger partial charge in [-0.1, -0.05) is 33.8 Å². The first kappa shape index (κ1) is 13.7. The smallest absolute Gasteiger partial charge is 0.134 e. The van der Waals surface area contributed by atoms with Gasteiger partial charge in [-0.25, -0.2) is 0 Å². The van der Waals surface area contributed by atoms with Crippen molar-refractivity contribution in [2.75, 3.05) is 0 Å². The van der Waals surface area contributed by atoms with Gasteiger partial charge >= 0.3 is 0 Å². The molecule has 2 nitrogen and oxygen atoms in total.